The molecule has 1 amide bonds. The number of hydrogen-bond acceptors (Lipinski definition) is 3. The van der Waals surface area contributed by atoms with Crippen molar-refractivity contribution < 1.29 is 18.0 Å². The summed E-state index contributed by atoms with van der Waals surface area (Å²) < 4.78 is 40.5. The third kappa shape index (κ3) is 3.58. The van der Waals surface area contributed by atoms with E-state index in [-0.39, 0.29) is 24.6 Å². The maximum atomic E-state index is 13.1. The van der Waals surface area contributed by atoms with Crippen molar-refractivity contribution >= 4 is 5.91 Å². The number of nitrogens with one attached hydrogen (secondary N) is 1. The SMILES string of the molecule is O=C(Cn1nc(C(F)(F)F)c2c1CCCC2)NCc1cccnc1. The lowest BCUT2D eigenvalue weighted by Gasteiger charge is -2.14. The van der Waals surface area contributed by atoms with Crippen LogP contribution in [-0.4, -0.2) is 20.7 Å². The van der Waals surface area contributed by atoms with Gasteiger partial charge < -0.3 is 5.32 Å². The van der Waals surface area contributed by atoms with Crippen molar-refractivity contribution in [3.63, 3.8) is 0 Å². The lowest BCUT2D eigenvalue weighted by Crippen LogP contribution is -2.28. The maximum absolute atomic E-state index is 13.1. The monoisotopic (exact) mass is 338 g/mol. The Bertz CT molecular complexity index is 725. The molecule has 0 atom stereocenters. The van der Waals surface area contributed by atoms with Crippen molar-refractivity contribution in [2.75, 3.05) is 0 Å². The molecule has 0 aromatic carbocycles. The van der Waals surface area contributed by atoms with Gasteiger partial charge in [-0.25, -0.2) is 0 Å². The molecule has 0 bridgehead atoms. The van der Waals surface area contributed by atoms with Crippen LogP contribution in [0.2, 0.25) is 0 Å². The number of amides is 1. The van der Waals surface area contributed by atoms with E-state index in [1.54, 1.807) is 18.5 Å². The fourth-order valence-corrected chi connectivity index (χ4v) is 2.92. The Balaban J connectivity index is 1.72. The van der Waals surface area contributed by atoms with Gasteiger partial charge in [0.2, 0.25) is 5.91 Å². The van der Waals surface area contributed by atoms with Crippen LogP contribution in [0, 0.1) is 0 Å². The van der Waals surface area contributed by atoms with Crippen LogP contribution in [0.5, 0.6) is 0 Å². The van der Waals surface area contributed by atoms with Crippen LogP contribution in [-0.2, 0) is 36.9 Å². The average molecular weight is 338 g/mol. The first-order chi connectivity index (χ1) is 11.4. The zero-order valence-electron chi connectivity index (χ0n) is 12.9. The summed E-state index contributed by atoms with van der Waals surface area (Å²) in [6.07, 6.45) is 1.18. The molecule has 0 saturated heterocycles. The summed E-state index contributed by atoms with van der Waals surface area (Å²) in [4.78, 5) is 16.0. The fourth-order valence-electron chi connectivity index (χ4n) is 2.92. The zero-order valence-corrected chi connectivity index (χ0v) is 12.9. The molecule has 0 unspecified atom stereocenters. The Morgan fingerprint density at radius 1 is 1.29 bits per heavy atom. The molecule has 3 rings (SSSR count). The van der Waals surface area contributed by atoms with E-state index in [0.29, 0.717) is 18.5 Å². The number of aromatic nitrogens is 3. The van der Waals surface area contributed by atoms with E-state index >= 15 is 0 Å². The first-order valence-corrected chi connectivity index (χ1v) is 7.76. The number of carbonyl (C=O) groups is 1. The van der Waals surface area contributed by atoms with Gasteiger partial charge in [-0.15, -0.1) is 0 Å². The van der Waals surface area contributed by atoms with Gasteiger partial charge in [-0.05, 0) is 37.3 Å². The van der Waals surface area contributed by atoms with Gasteiger partial charge in [-0.2, -0.15) is 18.3 Å². The van der Waals surface area contributed by atoms with E-state index in [1.165, 1.54) is 4.68 Å². The van der Waals surface area contributed by atoms with Crippen LogP contribution >= 0.6 is 0 Å². The molecular formula is C16H17F3N4O. The number of carbonyl (C=O) groups excluding carboxylic acids is 1. The van der Waals surface area contributed by atoms with Crippen molar-refractivity contribution in [3.05, 3.63) is 47.0 Å². The molecule has 24 heavy (non-hydrogen) atoms. The molecule has 2 aromatic rings. The molecule has 2 aromatic heterocycles. The van der Waals surface area contributed by atoms with Gasteiger partial charge in [0, 0.05) is 30.2 Å². The Morgan fingerprint density at radius 2 is 2.08 bits per heavy atom. The normalized spacial score (nSPS) is 14.3. The predicted octanol–water partition coefficient (Wildman–Crippen LogP) is 2.49. The maximum Gasteiger partial charge on any atom is 0.435 e. The van der Waals surface area contributed by atoms with Gasteiger partial charge in [0.15, 0.2) is 5.69 Å². The van der Waals surface area contributed by atoms with Gasteiger partial charge in [0.25, 0.3) is 0 Å². The summed E-state index contributed by atoms with van der Waals surface area (Å²) in [7, 11) is 0. The van der Waals surface area contributed by atoms with Crippen LogP contribution in [0.4, 0.5) is 13.2 Å². The summed E-state index contributed by atoms with van der Waals surface area (Å²) in [6.45, 7) is 0.0704. The topological polar surface area (TPSA) is 59.8 Å². The molecule has 1 N–H and O–H groups in total. The Labute approximate surface area is 136 Å². The van der Waals surface area contributed by atoms with Crippen LogP contribution in [0.15, 0.2) is 24.5 Å². The van der Waals surface area contributed by atoms with E-state index in [4.69, 9.17) is 0 Å². The Hall–Kier alpha value is -2.38. The highest BCUT2D eigenvalue weighted by Gasteiger charge is 2.39. The average Bonchev–Trinajstić information content (AvgIpc) is 2.93. The number of rotatable bonds is 4. The van der Waals surface area contributed by atoms with Crippen molar-refractivity contribution in [2.24, 2.45) is 0 Å². The van der Waals surface area contributed by atoms with Crippen molar-refractivity contribution in [3.8, 4) is 0 Å². The number of hydrogen-bond donors (Lipinski definition) is 1. The van der Waals surface area contributed by atoms with Gasteiger partial charge in [-0.3, -0.25) is 14.5 Å². The molecule has 8 heteroatoms. The minimum absolute atomic E-state index is 0.210. The highest BCUT2D eigenvalue weighted by Crippen LogP contribution is 2.35. The third-order valence-corrected chi connectivity index (χ3v) is 4.03. The Morgan fingerprint density at radius 3 is 2.79 bits per heavy atom. The second kappa shape index (κ2) is 6.62. The van der Waals surface area contributed by atoms with Gasteiger partial charge in [0.05, 0.1) is 0 Å². The summed E-state index contributed by atoms with van der Waals surface area (Å²) in [6, 6.07) is 3.56. The number of halogens is 3. The summed E-state index contributed by atoms with van der Waals surface area (Å²) >= 11 is 0. The molecule has 0 aliphatic heterocycles. The molecule has 5 nitrogen and oxygen atoms in total. The van der Waals surface area contributed by atoms with Gasteiger partial charge in [-0.1, -0.05) is 6.07 Å². The molecule has 2 heterocycles. The molecule has 0 fully saturated rings. The molecule has 1 aliphatic rings. The van der Waals surface area contributed by atoms with Crippen molar-refractivity contribution in [1.82, 2.24) is 20.1 Å². The highest BCUT2D eigenvalue weighted by molar-refractivity contribution is 5.75. The van der Waals surface area contributed by atoms with Crippen molar-refractivity contribution in [1.29, 1.82) is 0 Å². The second-order valence-electron chi connectivity index (χ2n) is 5.77. The number of alkyl halides is 3. The summed E-state index contributed by atoms with van der Waals surface area (Å²) in [5.41, 5.74) is 0.750. The lowest BCUT2D eigenvalue weighted by atomic mass is 9.95. The second-order valence-corrected chi connectivity index (χ2v) is 5.77. The molecule has 0 spiro atoms. The summed E-state index contributed by atoms with van der Waals surface area (Å²) in [5.74, 6) is -0.372. The molecular weight excluding hydrogens is 321 g/mol. The van der Waals surface area contributed by atoms with Crippen molar-refractivity contribution in [2.45, 2.75) is 44.9 Å². The van der Waals surface area contributed by atoms with E-state index < -0.39 is 11.9 Å². The molecule has 0 radical (unpaired) electrons. The van der Waals surface area contributed by atoms with Gasteiger partial charge in [0.1, 0.15) is 6.54 Å². The van der Waals surface area contributed by atoms with Gasteiger partial charge >= 0.3 is 6.18 Å². The van der Waals surface area contributed by atoms with E-state index in [2.05, 4.69) is 15.4 Å². The van der Waals surface area contributed by atoms with Crippen LogP contribution < -0.4 is 5.32 Å². The molecule has 0 saturated carbocycles. The first-order valence-electron chi connectivity index (χ1n) is 7.76. The largest absolute Gasteiger partial charge is 0.435 e. The van der Waals surface area contributed by atoms with Crippen LogP contribution in [0.1, 0.15) is 35.4 Å². The van der Waals surface area contributed by atoms with E-state index in [1.807, 2.05) is 6.07 Å². The number of pyridine rings is 1. The van der Waals surface area contributed by atoms with E-state index in [9.17, 15) is 18.0 Å². The number of fused-ring (bicyclic) bond motifs is 1. The van der Waals surface area contributed by atoms with Crippen LogP contribution in [0.25, 0.3) is 0 Å². The quantitative estimate of drug-likeness (QED) is 0.932. The smallest absolute Gasteiger partial charge is 0.350 e. The first kappa shape index (κ1) is 16.5. The van der Waals surface area contributed by atoms with E-state index in [0.717, 1.165) is 18.4 Å². The lowest BCUT2D eigenvalue weighted by molar-refractivity contribution is -0.142. The third-order valence-electron chi connectivity index (χ3n) is 4.03. The number of nitrogens with zero attached hydrogens (tertiary/aromatic N) is 3. The standard InChI is InChI=1S/C16H17F3N4O/c17-16(18,19)15-12-5-1-2-6-13(12)23(22-15)10-14(24)21-9-11-4-3-7-20-8-11/h3-4,7-8H,1-2,5-6,9-10H2,(H,21,24). The van der Waals surface area contributed by atoms with Crippen LogP contribution in [0.3, 0.4) is 0 Å². The highest BCUT2D eigenvalue weighted by atomic mass is 19.4. The fraction of sp³-hybridized carbons (Fsp3) is 0.438. The minimum atomic E-state index is -4.49. The summed E-state index contributed by atoms with van der Waals surface area (Å²) in [5, 5.41) is 6.36. The minimum Gasteiger partial charge on any atom is -0.350 e. The Kier molecular flexibility index (Phi) is 4.55. The predicted molar refractivity (Wildman–Crippen MR) is 80.0 cm³/mol. The molecule has 128 valence electrons. The molecule has 1 aliphatic carbocycles. The zero-order chi connectivity index (χ0) is 17.2.